The number of carbonyl (C=O) groups is 1. The molecule has 8 nitrogen and oxygen atoms in total. The van der Waals surface area contributed by atoms with E-state index in [-0.39, 0.29) is 12.4 Å². The van der Waals surface area contributed by atoms with Crippen molar-refractivity contribution in [1.82, 2.24) is 9.59 Å². The Morgan fingerprint density at radius 1 is 1.55 bits per heavy atom. The van der Waals surface area contributed by atoms with Gasteiger partial charge in [0.15, 0.2) is 0 Å². The number of carboxylic acids is 1. The number of halogens is 1. The van der Waals surface area contributed by atoms with Gasteiger partial charge in [0, 0.05) is 23.7 Å². The highest BCUT2D eigenvalue weighted by Crippen LogP contribution is 2.25. The number of rotatable bonds is 5. The molecule has 0 aliphatic rings. The smallest absolute Gasteiger partial charge is 0.342 e. The Morgan fingerprint density at radius 2 is 2.30 bits per heavy atom. The molecule has 0 aliphatic carbocycles. The first-order valence-corrected chi connectivity index (χ1v) is 6.25. The molecule has 10 heteroatoms. The normalized spacial score (nSPS) is 10.2. The van der Waals surface area contributed by atoms with Crippen LogP contribution in [0.5, 0.6) is 5.75 Å². The van der Waals surface area contributed by atoms with Gasteiger partial charge in [0.2, 0.25) is 0 Å². The Balaban J connectivity index is 2.21. The molecule has 0 saturated heterocycles. The molecule has 2 aromatic rings. The van der Waals surface area contributed by atoms with Crippen LogP contribution in [0.1, 0.15) is 16.1 Å². The second-order valence-corrected chi connectivity index (χ2v) is 4.88. The second-order valence-electron chi connectivity index (χ2n) is 3.52. The minimum atomic E-state index is -1.41. The van der Waals surface area contributed by atoms with Crippen LogP contribution in [0.15, 0.2) is 18.2 Å². The van der Waals surface area contributed by atoms with E-state index in [1.165, 1.54) is 6.07 Å². The third-order valence-electron chi connectivity index (χ3n) is 2.28. The van der Waals surface area contributed by atoms with E-state index in [1.807, 2.05) is 0 Å². The first-order valence-electron chi connectivity index (χ1n) is 5.10. The molecule has 104 valence electrons. The van der Waals surface area contributed by atoms with Crippen molar-refractivity contribution in [1.29, 1.82) is 0 Å². The van der Waals surface area contributed by atoms with Crippen LogP contribution in [-0.4, -0.2) is 25.6 Å². The fourth-order valence-corrected chi connectivity index (χ4v) is 1.97. The number of nitrogens with zero attached hydrogens (tertiary/aromatic N) is 3. The van der Waals surface area contributed by atoms with E-state index in [2.05, 4.69) is 9.59 Å². The van der Waals surface area contributed by atoms with E-state index >= 15 is 0 Å². The van der Waals surface area contributed by atoms with E-state index in [4.69, 9.17) is 21.4 Å². The Labute approximate surface area is 120 Å². The van der Waals surface area contributed by atoms with Gasteiger partial charge < -0.3 is 9.84 Å². The number of carboxylic acid groups (broad SMARTS) is 1. The van der Waals surface area contributed by atoms with Crippen molar-refractivity contribution in [2.75, 3.05) is 0 Å². The van der Waals surface area contributed by atoms with Gasteiger partial charge >= 0.3 is 5.97 Å². The summed E-state index contributed by atoms with van der Waals surface area (Å²) in [4.78, 5) is 20.9. The largest absolute Gasteiger partial charge is 0.487 e. The van der Waals surface area contributed by atoms with Gasteiger partial charge in [-0.2, -0.15) is 0 Å². The molecule has 1 heterocycles. The molecule has 1 aromatic carbocycles. The summed E-state index contributed by atoms with van der Waals surface area (Å²) in [6.07, 6.45) is 0. The molecule has 0 atom stereocenters. The number of nitro benzene ring substituents is 1. The summed E-state index contributed by atoms with van der Waals surface area (Å²) in [6.45, 7) is -0.00773. The molecule has 0 saturated carbocycles. The third kappa shape index (κ3) is 3.00. The van der Waals surface area contributed by atoms with Gasteiger partial charge in [0.05, 0.1) is 4.92 Å². The summed E-state index contributed by atoms with van der Waals surface area (Å²) in [5.41, 5.74) is -0.542. The van der Waals surface area contributed by atoms with Crippen molar-refractivity contribution in [2.45, 2.75) is 6.61 Å². The Hall–Kier alpha value is -2.26. The predicted octanol–water partition coefficient (Wildman–Crippen LogP) is 2.38. The van der Waals surface area contributed by atoms with Crippen molar-refractivity contribution in [3.05, 3.63) is 43.9 Å². The highest BCUT2D eigenvalue weighted by atomic mass is 35.5. The molecule has 0 fully saturated rings. The van der Waals surface area contributed by atoms with Gasteiger partial charge in [0.1, 0.15) is 28.0 Å². The number of aromatic nitrogens is 2. The van der Waals surface area contributed by atoms with E-state index in [0.29, 0.717) is 10.0 Å². The van der Waals surface area contributed by atoms with Crippen LogP contribution in [0, 0.1) is 10.1 Å². The van der Waals surface area contributed by atoms with Crippen LogP contribution in [0.4, 0.5) is 5.69 Å². The topological polar surface area (TPSA) is 115 Å². The monoisotopic (exact) mass is 315 g/mol. The summed E-state index contributed by atoms with van der Waals surface area (Å²) in [5, 5.41) is 23.3. The van der Waals surface area contributed by atoms with Gasteiger partial charge in [-0.25, -0.2) is 4.79 Å². The maximum absolute atomic E-state index is 11.0. The molecule has 0 radical (unpaired) electrons. The molecule has 1 N–H and O–H groups in total. The molecule has 0 amide bonds. The number of ether oxygens (including phenoxy) is 1. The first-order chi connectivity index (χ1) is 9.49. The summed E-state index contributed by atoms with van der Waals surface area (Å²) in [6, 6.07) is 3.45. The number of benzene rings is 1. The molecule has 1 aromatic heterocycles. The van der Waals surface area contributed by atoms with Crippen molar-refractivity contribution < 1.29 is 19.6 Å². The number of nitro groups is 1. The van der Waals surface area contributed by atoms with Crippen LogP contribution < -0.4 is 4.74 Å². The quantitative estimate of drug-likeness (QED) is 0.665. The highest BCUT2D eigenvalue weighted by molar-refractivity contribution is 7.10. The minimum Gasteiger partial charge on any atom is -0.487 e. The van der Waals surface area contributed by atoms with E-state index in [1.54, 1.807) is 0 Å². The molecule has 0 bridgehead atoms. The Kier molecular flexibility index (Phi) is 4.11. The van der Waals surface area contributed by atoms with E-state index in [0.717, 1.165) is 23.7 Å². The number of hydrogen-bond acceptors (Lipinski definition) is 7. The molecule has 20 heavy (non-hydrogen) atoms. The van der Waals surface area contributed by atoms with Crippen molar-refractivity contribution in [3.63, 3.8) is 0 Å². The Morgan fingerprint density at radius 3 is 2.85 bits per heavy atom. The van der Waals surface area contributed by atoms with Gasteiger partial charge in [-0.1, -0.05) is 16.1 Å². The molecule has 0 unspecified atom stereocenters. The SMILES string of the molecule is O=C(O)c1cc(OCc2nnsc2Cl)ccc1[N+](=O)[O-]. The molecule has 0 aliphatic heterocycles. The zero-order valence-corrected chi connectivity index (χ0v) is 11.2. The van der Waals surface area contributed by atoms with Crippen LogP contribution >= 0.6 is 23.1 Å². The highest BCUT2D eigenvalue weighted by Gasteiger charge is 2.20. The van der Waals surface area contributed by atoms with Crippen molar-refractivity contribution in [2.24, 2.45) is 0 Å². The fraction of sp³-hybridized carbons (Fsp3) is 0.100. The average molecular weight is 316 g/mol. The molecule has 0 spiro atoms. The van der Waals surface area contributed by atoms with E-state index < -0.39 is 22.1 Å². The second kappa shape index (κ2) is 5.80. The number of hydrogen-bond donors (Lipinski definition) is 1. The summed E-state index contributed by atoms with van der Waals surface area (Å²) in [5.74, 6) is -1.24. The van der Waals surface area contributed by atoms with E-state index in [9.17, 15) is 14.9 Å². The zero-order chi connectivity index (χ0) is 14.7. The zero-order valence-electron chi connectivity index (χ0n) is 9.65. The van der Waals surface area contributed by atoms with Gasteiger partial charge in [-0.15, -0.1) is 5.10 Å². The average Bonchev–Trinajstić information content (AvgIpc) is 2.81. The third-order valence-corrected chi connectivity index (χ3v) is 3.26. The lowest BCUT2D eigenvalue weighted by Gasteiger charge is -2.05. The standard InChI is InChI=1S/C10H6ClN3O5S/c11-9-7(12-13-20-9)4-19-5-1-2-8(14(17)18)6(3-5)10(15)16/h1-3H,4H2,(H,15,16). The molecular formula is C10H6ClN3O5S. The molecule has 2 rings (SSSR count). The summed E-state index contributed by atoms with van der Waals surface area (Å²) < 4.78 is 9.27. The molecular weight excluding hydrogens is 310 g/mol. The fourth-order valence-electron chi connectivity index (χ4n) is 1.37. The van der Waals surface area contributed by atoms with Gasteiger partial charge in [-0.3, -0.25) is 10.1 Å². The minimum absolute atomic E-state index is 0.00773. The van der Waals surface area contributed by atoms with Crippen molar-refractivity contribution >= 4 is 34.8 Å². The first kappa shape index (κ1) is 14.2. The maximum Gasteiger partial charge on any atom is 0.342 e. The summed E-state index contributed by atoms with van der Waals surface area (Å²) in [7, 11) is 0. The van der Waals surface area contributed by atoms with Crippen LogP contribution in [0.25, 0.3) is 0 Å². The van der Waals surface area contributed by atoms with Crippen LogP contribution in [-0.2, 0) is 6.61 Å². The lowest BCUT2D eigenvalue weighted by atomic mass is 10.1. The van der Waals surface area contributed by atoms with Gasteiger partial charge in [0.25, 0.3) is 5.69 Å². The van der Waals surface area contributed by atoms with Crippen LogP contribution in [0.2, 0.25) is 4.34 Å². The Bertz CT molecular complexity index is 675. The number of aromatic carboxylic acids is 1. The summed E-state index contributed by atoms with van der Waals surface area (Å²) >= 11 is 6.78. The maximum atomic E-state index is 11.0. The van der Waals surface area contributed by atoms with Gasteiger partial charge in [-0.05, 0) is 6.07 Å². The van der Waals surface area contributed by atoms with Crippen LogP contribution in [0.3, 0.4) is 0 Å². The predicted molar refractivity (Wildman–Crippen MR) is 69.3 cm³/mol. The lowest BCUT2D eigenvalue weighted by molar-refractivity contribution is -0.385. The lowest BCUT2D eigenvalue weighted by Crippen LogP contribution is -2.04. The van der Waals surface area contributed by atoms with Crippen molar-refractivity contribution in [3.8, 4) is 5.75 Å².